The molecule has 8 heteroatoms. The van der Waals surface area contributed by atoms with E-state index in [-0.39, 0.29) is 18.1 Å². The first-order chi connectivity index (χ1) is 14.4. The minimum atomic E-state index is -0.481. The van der Waals surface area contributed by atoms with Gasteiger partial charge in [-0.1, -0.05) is 6.92 Å². The number of hydrogen-bond donors (Lipinski definition) is 1. The van der Waals surface area contributed by atoms with Crippen LogP contribution < -0.4 is 19.7 Å². The molecule has 0 unspecified atom stereocenters. The molecule has 1 N–H and O–H groups in total. The number of benzene rings is 2. The van der Waals surface area contributed by atoms with Gasteiger partial charge in [0.25, 0.3) is 11.6 Å². The fourth-order valence-corrected chi connectivity index (χ4v) is 3.61. The van der Waals surface area contributed by atoms with E-state index in [1.165, 1.54) is 12.1 Å². The Hall–Kier alpha value is -3.29. The topological polar surface area (TPSA) is 93.9 Å². The highest BCUT2D eigenvalue weighted by Crippen LogP contribution is 2.30. The second-order valence-electron chi connectivity index (χ2n) is 7.49. The molecule has 2 aromatic carbocycles. The zero-order valence-corrected chi connectivity index (χ0v) is 17.5. The van der Waals surface area contributed by atoms with Crippen LogP contribution in [-0.4, -0.2) is 38.1 Å². The number of rotatable bonds is 7. The predicted octanol–water partition coefficient (Wildman–Crippen LogP) is 3.78. The van der Waals surface area contributed by atoms with E-state index in [1.54, 1.807) is 32.4 Å². The molecule has 1 saturated heterocycles. The smallest absolute Gasteiger partial charge is 0.270 e. The van der Waals surface area contributed by atoms with Crippen LogP contribution in [-0.2, 0) is 6.54 Å². The highest BCUT2D eigenvalue weighted by Gasteiger charge is 2.23. The van der Waals surface area contributed by atoms with Crippen molar-refractivity contribution in [2.24, 2.45) is 5.92 Å². The van der Waals surface area contributed by atoms with Crippen LogP contribution in [0.25, 0.3) is 0 Å². The standard InChI is InChI=1S/C22H27N3O5/c1-15-8-10-24(11-9-15)20-7-5-17(25(27)28)12-19(20)22(26)23-14-16-4-6-18(29-2)13-21(16)30-3/h4-7,12-13,15H,8-11,14H2,1-3H3,(H,23,26). The summed E-state index contributed by atoms with van der Waals surface area (Å²) in [6.07, 6.45) is 2.06. The van der Waals surface area contributed by atoms with Crippen LogP contribution in [0.1, 0.15) is 35.7 Å². The van der Waals surface area contributed by atoms with Gasteiger partial charge in [-0.2, -0.15) is 0 Å². The summed E-state index contributed by atoms with van der Waals surface area (Å²) in [7, 11) is 3.12. The molecule has 1 aliphatic heterocycles. The maximum absolute atomic E-state index is 13.0. The number of carbonyl (C=O) groups excluding carboxylic acids is 1. The lowest BCUT2D eigenvalue weighted by Gasteiger charge is -2.33. The molecule has 30 heavy (non-hydrogen) atoms. The fraction of sp³-hybridized carbons (Fsp3) is 0.409. The summed E-state index contributed by atoms with van der Waals surface area (Å²) in [6.45, 7) is 4.09. The summed E-state index contributed by atoms with van der Waals surface area (Å²) in [5.74, 6) is 1.53. The number of carbonyl (C=O) groups is 1. The number of nitrogens with zero attached hydrogens (tertiary/aromatic N) is 2. The Labute approximate surface area is 175 Å². The molecular weight excluding hydrogens is 386 g/mol. The summed E-state index contributed by atoms with van der Waals surface area (Å²) < 4.78 is 10.6. The highest BCUT2D eigenvalue weighted by molar-refractivity contribution is 6.00. The van der Waals surface area contributed by atoms with Crippen molar-refractivity contribution in [1.82, 2.24) is 5.32 Å². The average molecular weight is 413 g/mol. The van der Waals surface area contributed by atoms with Crippen molar-refractivity contribution in [1.29, 1.82) is 0 Å². The second-order valence-corrected chi connectivity index (χ2v) is 7.49. The Bertz CT molecular complexity index is 923. The van der Waals surface area contributed by atoms with Crippen molar-refractivity contribution in [3.8, 4) is 11.5 Å². The Morgan fingerprint density at radius 2 is 1.90 bits per heavy atom. The van der Waals surface area contributed by atoms with E-state index in [1.807, 2.05) is 6.07 Å². The molecule has 0 aromatic heterocycles. The number of hydrogen-bond acceptors (Lipinski definition) is 6. The molecule has 3 rings (SSSR count). The molecule has 160 valence electrons. The van der Waals surface area contributed by atoms with Crippen LogP contribution in [0, 0.1) is 16.0 Å². The number of non-ortho nitro benzene ring substituents is 1. The summed E-state index contributed by atoms with van der Waals surface area (Å²) in [5.41, 5.74) is 1.72. The Balaban J connectivity index is 1.83. The largest absolute Gasteiger partial charge is 0.497 e. The maximum Gasteiger partial charge on any atom is 0.270 e. The molecule has 2 aromatic rings. The van der Waals surface area contributed by atoms with Gasteiger partial charge in [-0.05, 0) is 37.0 Å². The average Bonchev–Trinajstić information content (AvgIpc) is 2.77. The van der Waals surface area contributed by atoms with Gasteiger partial charge in [0.1, 0.15) is 11.5 Å². The molecule has 0 spiro atoms. The van der Waals surface area contributed by atoms with Crippen LogP contribution >= 0.6 is 0 Å². The number of piperidine rings is 1. The molecule has 0 aliphatic carbocycles. The molecular formula is C22H27N3O5. The number of anilines is 1. The summed E-state index contributed by atoms with van der Waals surface area (Å²) in [6, 6.07) is 9.84. The molecule has 0 saturated carbocycles. The van der Waals surface area contributed by atoms with Crippen molar-refractivity contribution in [2.45, 2.75) is 26.3 Å². The number of amides is 1. The summed E-state index contributed by atoms with van der Waals surface area (Å²) in [4.78, 5) is 25.9. The Morgan fingerprint density at radius 3 is 2.53 bits per heavy atom. The van der Waals surface area contributed by atoms with Gasteiger partial charge in [0, 0.05) is 43.4 Å². The predicted molar refractivity (Wildman–Crippen MR) is 114 cm³/mol. The first-order valence-electron chi connectivity index (χ1n) is 9.95. The lowest BCUT2D eigenvalue weighted by atomic mass is 9.98. The number of ether oxygens (including phenoxy) is 2. The van der Waals surface area contributed by atoms with Crippen molar-refractivity contribution >= 4 is 17.3 Å². The van der Waals surface area contributed by atoms with E-state index in [9.17, 15) is 14.9 Å². The number of nitro groups is 1. The third kappa shape index (κ3) is 4.82. The van der Waals surface area contributed by atoms with Crippen molar-refractivity contribution in [2.75, 3.05) is 32.2 Å². The van der Waals surface area contributed by atoms with E-state index in [2.05, 4.69) is 17.1 Å². The van der Waals surface area contributed by atoms with Gasteiger partial charge >= 0.3 is 0 Å². The fourth-order valence-electron chi connectivity index (χ4n) is 3.61. The van der Waals surface area contributed by atoms with Gasteiger partial charge in [-0.15, -0.1) is 0 Å². The number of methoxy groups -OCH3 is 2. The molecule has 1 amide bonds. The number of nitrogens with one attached hydrogen (secondary N) is 1. The van der Waals surface area contributed by atoms with E-state index >= 15 is 0 Å². The lowest BCUT2D eigenvalue weighted by molar-refractivity contribution is -0.384. The van der Waals surface area contributed by atoms with Gasteiger partial charge in [-0.25, -0.2) is 0 Å². The van der Waals surface area contributed by atoms with Gasteiger partial charge in [0.05, 0.1) is 30.4 Å². The molecule has 0 atom stereocenters. The normalized spacial score (nSPS) is 14.3. The zero-order valence-electron chi connectivity index (χ0n) is 17.5. The van der Waals surface area contributed by atoms with Crippen molar-refractivity contribution in [3.05, 3.63) is 57.6 Å². The monoisotopic (exact) mass is 413 g/mol. The molecule has 1 aliphatic rings. The first kappa shape index (κ1) is 21.4. The van der Waals surface area contributed by atoms with Crippen molar-refractivity contribution < 1.29 is 19.2 Å². The lowest BCUT2D eigenvalue weighted by Crippen LogP contribution is -2.35. The van der Waals surface area contributed by atoms with Crippen LogP contribution in [0.15, 0.2) is 36.4 Å². The molecule has 0 bridgehead atoms. The van der Waals surface area contributed by atoms with Gasteiger partial charge in [0.15, 0.2) is 0 Å². The molecule has 0 radical (unpaired) electrons. The van der Waals surface area contributed by atoms with E-state index in [0.29, 0.717) is 23.0 Å². The Morgan fingerprint density at radius 1 is 1.17 bits per heavy atom. The second kappa shape index (κ2) is 9.47. The van der Waals surface area contributed by atoms with Gasteiger partial charge < -0.3 is 19.7 Å². The van der Waals surface area contributed by atoms with Crippen LogP contribution in [0.2, 0.25) is 0 Å². The third-order valence-electron chi connectivity index (χ3n) is 5.49. The van der Waals surface area contributed by atoms with Crippen LogP contribution in [0.3, 0.4) is 0 Å². The molecule has 1 heterocycles. The third-order valence-corrected chi connectivity index (χ3v) is 5.49. The van der Waals surface area contributed by atoms with Crippen LogP contribution in [0.5, 0.6) is 11.5 Å². The van der Waals surface area contributed by atoms with E-state index in [0.717, 1.165) is 37.2 Å². The highest BCUT2D eigenvalue weighted by atomic mass is 16.6. The SMILES string of the molecule is COc1ccc(CNC(=O)c2cc([N+](=O)[O-])ccc2N2CCC(C)CC2)c(OC)c1. The summed E-state index contributed by atoms with van der Waals surface area (Å²) in [5, 5.41) is 14.1. The van der Waals surface area contributed by atoms with Gasteiger partial charge in [0.2, 0.25) is 0 Å². The van der Waals surface area contributed by atoms with E-state index < -0.39 is 4.92 Å². The van der Waals surface area contributed by atoms with E-state index in [4.69, 9.17) is 9.47 Å². The maximum atomic E-state index is 13.0. The molecule has 8 nitrogen and oxygen atoms in total. The minimum Gasteiger partial charge on any atom is -0.497 e. The first-order valence-corrected chi connectivity index (χ1v) is 9.95. The van der Waals surface area contributed by atoms with Crippen molar-refractivity contribution in [3.63, 3.8) is 0 Å². The van der Waals surface area contributed by atoms with Crippen LogP contribution in [0.4, 0.5) is 11.4 Å². The quantitative estimate of drug-likeness (QED) is 0.548. The van der Waals surface area contributed by atoms with Gasteiger partial charge in [-0.3, -0.25) is 14.9 Å². The minimum absolute atomic E-state index is 0.101. The summed E-state index contributed by atoms with van der Waals surface area (Å²) >= 11 is 0. The molecule has 1 fully saturated rings. The number of nitro benzene ring substituents is 1. The zero-order chi connectivity index (χ0) is 21.7. The Kier molecular flexibility index (Phi) is 6.76.